The fraction of sp³-hybridized carbons (Fsp3) is 0.381. The number of nitrogens with one attached hydrogen (secondary N) is 2. The molecule has 29 heavy (non-hydrogen) atoms. The maximum atomic E-state index is 13.7. The summed E-state index contributed by atoms with van der Waals surface area (Å²) in [7, 11) is 4.78. The minimum Gasteiger partial charge on any atom is -0.496 e. The average Bonchev–Trinajstić information content (AvgIpc) is 2.71. The maximum absolute atomic E-state index is 13.7. The van der Waals surface area contributed by atoms with Gasteiger partial charge < -0.3 is 24.8 Å². The quantitative estimate of drug-likeness (QED) is 0.315. The van der Waals surface area contributed by atoms with Gasteiger partial charge in [-0.05, 0) is 37.1 Å². The van der Waals surface area contributed by atoms with Gasteiger partial charge >= 0.3 is 0 Å². The molecule has 0 aromatic heterocycles. The van der Waals surface area contributed by atoms with E-state index in [9.17, 15) is 4.39 Å². The van der Waals surface area contributed by atoms with Crippen molar-refractivity contribution < 1.29 is 18.6 Å². The van der Waals surface area contributed by atoms with E-state index in [1.807, 2.05) is 19.1 Å². The van der Waals surface area contributed by atoms with E-state index in [0.29, 0.717) is 48.4 Å². The van der Waals surface area contributed by atoms with Crippen LogP contribution in [-0.4, -0.2) is 33.8 Å². The highest BCUT2D eigenvalue weighted by atomic mass is 127. The summed E-state index contributed by atoms with van der Waals surface area (Å²) in [5.74, 6) is 2.31. The Balaban J connectivity index is 0.00000420. The van der Waals surface area contributed by atoms with Crippen molar-refractivity contribution in [1.82, 2.24) is 10.6 Å². The van der Waals surface area contributed by atoms with Crippen molar-refractivity contribution in [2.24, 2.45) is 4.99 Å². The van der Waals surface area contributed by atoms with Crippen LogP contribution in [0.5, 0.6) is 17.2 Å². The molecule has 2 rings (SSSR count). The number of aliphatic imine (C=N–C) groups is 1. The molecule has 160 valence electrons. The SMILES string of the molecule is CCNC(=NCc1ccc(C)c(F)c1)NCc1cc(OC)c(OC)cc1OC.I. The molecule has 6 nitrogen and oxygen atoms in total. The molecule has 0 atom stereocenters. The number of benzene rings is 2. The van der Waals surface area contributed by atoms with Crippen LogP contribution in [0.2, 0.25) is 0 Å². The van der Waals surface area contributed by atoms with Crippen LogP contribution in [0, 0.1) is 12.7 Å². The summed E-state index contributed by atoms with van der Waals surface area (Å²) >= 11 is 0. The number of methoxy groups -OCH3 is 3. The Hall–Kier alpha value is -2.23. The van der Waals surface area contributed by atoms with Crippen molar-refractivity contribution in [2.75, 3.05) is 27.9 Å². The smallest absolute Gasteiger partial charge is 0.191 e. The first-order valence-corrected chi connectivity index (χ1v) is 9.08. The van der Waals surface area contributed by atoms with E-state index in [1.54, 1.807) is 40.4 Å². The predicted octanol–water partition coefficient (Wildman–Crippen LogP) is 4.03. The Morgan fingerprint density at radius 3 is 2.21 bits per heavy atom. The lowest BCUT2D eigenvalue weighted by Crippen LogP contribution is -2.36. The number of hydrogen-bond donors (Lipinski definition) is 2. The topological polar surface area (TPSA) is 64.1 Å². The van der Waals surface area contributed by atoms with E-state index in [0.717, 1.165) is 11.1 Å². The standard InChI is InChI=1S/C21H28FN3O3.HI/c1-6-23-21(24-12-15-8-7-14(2)17(22)9-15)25-13-16-10-19(27-4)20(28-5)11-18(16)26-3;/h7-11H,6,12-13H2,1-5H3,(H2,23,24,25);1H. The molecule has 0 aliphatic carbocycles. The lowest BCUT2D eigenvalue weighted by atomic mass is 10.1. The van der Waals surface area contributed by atoms with Gasteiger partial charge in [0, 0.05) is 24.7 Å². The van der Waals surface area contributed by atoms with Gasteiger partial charge in [0.25, 0.3) is 0 Å². The highest BCUT2D eigenvalue weighted by Crippen LogP contribution is 2.34. The molecule has 2 aromatic rings. The number of nitrogens with zero attached hydrogens (tertiary/aromatic N) is 1. The lowest BCUT2D eigenvalue weighted by molar-refractivity contribution is 0.347. The largest absolute Gasteiger partial charge is 0.496 e. The van der Waals surface area contributed by atoms with Gasteiger partial charge in [-0.15, -0.1) is 24.0 Å². The van der Waals surface area contributed by atoms with E-state index in [-0.39, 0.29) is 29.8 Å². The average molecular weight is 517 g/mol. The number of hydrogen-bond acceptors (Lipinski definition) is 4. The van der Waals surface area contributed by atoms with Gasteiger partial charge in [0.05, 0.1) is 27.9 Å². The molecule has 0 amide bonds. The number of rotatable bonds is 8. The molecule has 0 unspecified atom stereocenters. The molecule has 0 bridgehead atoms. The zero-order valence-electron chi connectivity index (χ0n) is 17.5. The second-order valence-corrected chi connectivity index (χ2v) is 6.15. The Kier molecular flexibility index (Phi) is 10.6. The van der Waals surface area contributed by atoms with Gasteiger partial charge in [-0.1, -0.05) is 12.1 Å². The highest BCUT2D eigenvalue weighted by Gasteiger charge is 2.12. The maximum Gasteiger partial charge on any atom is 0.191 e. The van der Waals surface area contributed by atoms with Crippen LogP contribution in [-0.2, 0) is 13.1 Å². The summed E-state index contributed by atoms with van der Waals surface area (Å²) < 4.78 is 29.9. The van der Waals surface area contributed by atoms with Crippen LogP contribution in [0.25, 0.3) is 0 Å². The van der Waals surface area contributed by atoms with Crippen LogP contribution in [0.3, 0.4) is 0 Å². The van der Waals surface area contributed by atoms with Gasteiger partial charge in [-0.2, -0.15) is 0 Å². The van der Waals surface area contributed by atoms with Gasteiger partial charge in [0.1, 0.15) is 11.6 Å². The minimum absolute atomic E-state index is 0. The van der Waals surface area contributed by atoms with Crippen LogP contribution < -0.4 is 24.8 Å². The number of guanidine groups is 1. The number of aryl methyl sites for hydroxylation is 1. The molecule has 0 saturated carbocycles. The van der Waals surface area contributed by atoms with Gasteiger partial charge in [-0.3, -0.25) is 0 Å². The second-order valence-electron chi connectivity index (χ2n) is 6.15. The molecule has 0 radical (unpaired) electrons. The van der Waals surface area contributed by atoms with Crippen molar-refractivity contribution in [3.63, 3.8) is 0 Å². The van der Waals surface area contributed by atoms with Crippen molar-refractivity contribution in [3.05, 3.63) is 52.8 Å². The van der Waals surface area contributed by atoms with Crippen LogP contribution >= 0.6 is 24.0 Å². The lowest BCUT2D eigenvalue weighted by Gasteiger charge is -2.16. The summed E-state index contributed by atoms with van der Waals surface area (Å²) in [5, 5.41) is 6.45. The molecule has 2 N–H and O–H groups in total. The zero-order chi connectivity index (χ0) is 20.5. The molecular formula is C21H29FIN3O3. The predicted molar refractivity (Wildman–Crippen MR) is 124 cm³/mol. The van der Waals surface area contributed by atoms with E-state index in [1.165, 1.54) is 6.07 Å². The highest BCUT2D eigenvalue weighted by molar-refractivity contribution is 14.0. The first-order chi connectivity index (χ1) is 13.5. The number of ether oxygens (including phenoxy) is 3. The molecule has 0 spiro atoms. The van der Waals surface area contributed by atoms with Crippen molar-refractivity contribution in [3.8, 4) is 17.2 Å². The van der Waals surface area contributed by atoms with Crippen molar-refractivity contribution in [1.29, 1.82) is 0 Å². The van der Waals surface area contributed by atoms with Crippen molar-refractivity contribution >= 4 is 29.9 Å². The monoisotopic (exact) mass is 517 g/mol. The summed E-state index contributed by atoms with van der Waals surface area (Å²) in [4.78, 5) is 4.53. The molecule has 0 aliphatic rings. The molecule has 0 saturated heterocycles. The van der Waals surface area contributed by atoms with E-state index >= 15 is 0 Å². The summed E-state index contributed by atoms with van der Waals surface area (Å²) in [6.07, 6.45) is 0. The Morgan fingerprint density at radius 2 is 1.62 bits per heavy atom. The Labute approximate surface area is 188 Å². The number of halogens is 2. The molecule has 8 heteroatoms. The molecule has 0 fully saturated rings. The van der Waals surface area contributed by atoms with Crippen LogP contribution in [0.15, 0.2) is 35.3 Å². The Morgan fingerprint density at radius 1 is 0.966 bits per heavy atom. The molecule has 0 heterocycles. The van der Waals surface area contributed by atoms with Crippen molar-refractivity contribution in [2.45, 2.75) is 26.9 Å². The molecular weight excluding hydrogens is 488 g/mol. The molecule has 0 aliphatic heterocycles. The fourth-order valence-electron chi connectivity index (χ4n) is 2.66. The van der Waals surface area contributed by atoms with E-state index in [4.69, 9.17) is 14.2 Å². The van der Waals surface area contributed by atoms with Gasteiger partial charge in [0.15, 0.2) is 17.5 Å². The normalized spacial score (nSPS) is 10.8. The van der Waals surface area contributed by atoms with Gasteiger partial charge in [-0.25, -0.2) is 9.38 Å². The summed E-state index contributed by atoms with van der Waals surface area (Å²) in [5.41, 5.74) is 2.33. The van der Waals surface area contributed by atoms with Gasteiger partial charge in [0.2, 0.25) is 0 Å². The van der Waals surface area contributed by atoms with E-state index in [2.05, 4.69) is 15.6 Å². The Bertz CT molecular complexity index is 831. The first kappa shape index (κ1) is 24.8. The summed E-state index contributed by atoms with van der Waals surface area (Å²) in [6, 6.07) is 8.80. The minimum atomic E-state index is -0.222. The van der Waals surface area contributed by atoms with Crippen LogP contribution in [0.4, 0.5) is 4.39 Å². The third-order valence-electron chi connectivity index (χ3n) is 4.23. The fourth-order valence-corrected chi connectivity index (χ4v) is 2.66. The van der Waals surface area contributed by atoms with E-state index < -0.39 is 0 Å². The molecule has 2 aromatic carbocycles. The first-order valence-electron chi connectivity index (χ1n) is 9.08. The van der Waals surface area contributed by atoms with Crippen LogP contribution in [0.1, 0.15) is 23.6 Å². The zero-order valence-corrected chi connectivity index (χ0v) is 19.8. The summed E-state index contributed by atoms with van der Waals surface area (Å²) in [6.45, 7) is 5.27. The third-order valence-corrected chi connectivity index (χ3v) is 4.23. The third kappa shape index (κ3) is 6.95. The second kappa shape index (κ2) is 12.4.